The number of rotatable bonds is 4. The maximum atomic E-state index is 1.64. The van der Waals surface area contributed by atoms with E-state index < -0.39 is 0 Å². The first-order chi connectivity index (χ1) is 8.85. The SMILES string of the molecule is C1CC(CC2(C3(C4CCCC4)CCCC3)CC2)C1. The first-order valence-corrected chi connectivity index (χ1v) is 8.85. The van der Waals surface area contributed by atoms with Crippen LogP contribution in [-0.4, -0.2) is 0 Å². The van der Waals surface area contributed by atoms with E-state index in [-0.39, 0.29) is 0 Å². The van der Waals surface area contributed by atoms with E-state index in [2.05, 4.69) is 0 Å². The van der Waals surface area contributed by atoms with E-state index in [4.69, 9.17) is 0 Å². The van der Waals surface area contributed by atoms with Crippen molar-refractivity contribution in [3.05, 3.63) is 0 Å². The smallest absolute Gasteiger partial charge is 0.0213 e. The molecule has 0 atom stereocenters. The van der Waals surface area contributed by atoms with Crippen LogP contribution in [0, 0.1) is 22.7 Å². The van der Waals surface area contributed by atoms with E-state index in [0.717, 1.165) is 22.7 Å². The summed E-state index contributed by atoms with van der Waals surface area (Å²) in [5.41, 5.74) is 1.71. The third kappa shape index (κ3) is 1.63. The van der Waals surface area contributed by atoms with Crippen molar-refractivity contribution in [2.24, 2.45) is 22.7 Å². The van der Waals surface area contributed by atoms with Crippen LogP contribution in [0.3, 0.4) is 0 Å². The molecule has 0 heterocycles. The molecule has 102 valence electrons. The summed E-state index contributed by atoms with van der Waals surface area (Å²) in [6.45, 7) is 0. The highest BCUT2D eigenvalue weighted by atomic mass is 14.7. The van der Waals surface area contributed by atoms with Crippen LogP contribution in [0.15, 0.2) is 0 Å². The number of hydrogen-bond donors (Lipinski definition) is 0. The van der Waals surface area contributed by atoms with Crippen LogP contribution in [-0.2, 0) is 0 Å². The van der Waals surface area contributed by atoms with Gasteiger partial charge in [0.05, 0.1) is 0 Å². The van der Waals surface area contributed by atoms with Crippen LogP contribution in [0.25, 0.3) is 0 Å². The first-order valence-electron chi connectivity index (χ1n) is 8.85. The van der Waals surface area contributed by atoms with Gasteiger partial charge in [-0.15, -0.1) is 0 Å². The lowest BCUT2D eigenvalue weighted by molar-refractivity contribution is 0.0298. The average molecular weight is 246 g/mol. The van der Waals surface area contributed by atoms with Gasteiger partial charge in [0.15, 0.2) is 0 Å². The second-order valence-electron chi connectivity index (χ2n) is 8.13. The van der Waals surface area contributed by atoms with Crippen LogP contribution in [0.4, 0.5) is 0 Å². The summed E-state index contributed by atoms with van der Waals surface area (Å²) in [7, 11) is 0. The van der Waals surface area contributed by atoms with E-state index in [1.165, 1.54) is 6.42 Å². The standard InChI is InChI=1S/C18H30/c1-2-9-16(8-1)18(10-3-4-11-18)17(12-13-17)14-15-6-5-7-15/h15-16H,1-14H2. The third-order valence-corrected chi connectivity index (χ3v) is 7.45. The van der Waals surface area contributed by atoms with Gasteiger partial charge in [0.2, 0.25) is 0 Å². The molecule has 0 N–H and O–H groups in total. The molecule has 0 bridgehead atoms. The van der Waals surface area contributed by atoms with Crippen molar-refractivity contribution in [2.75, 3.05) is 0 Å². The van der Waals surface area contributed by atoms with Gasteiger partial charge < -0.3 is 0 Å². The molecule has 0 unspecified atom stereocenters. The molecule has 4 saturated carbocycles. The van der Waals surface area contributed by atoms with Gasteiger partial charge in [-0.3, -0.25) is 0 Å². The molecule has 4 fully saturated rings. The van der Waals surface area contributed by atoms with Crippen molar-refractivity contribution in [1.82, 2.24) is 0 Å². The topological polar surface area (TPSA) is 0 Å². The van der Waals surface area contributed by atoms with Crippen molar-refractivity contribution in [3.63, 3.8) is 0 Å². The minimum atomic E-state index is 0.846. The summed E-state index contributed by atoms with van der Waals surface area (Å²) in [5, 5.41) is 0. The Morgan fingerprint density at radius 3 is 1.83 bits per heavy atom. The van der Waals surface area contributed by atoms with Gasteiger partial charge in [0.25, 0.3) is 0 Å². The van der Waals surface area contributed by atoms with Crippen molar-refractivity contribution < 1.29 is 0 Å². The highest BCUT2D eigenvalue weighted by Gasteiger charge is 2.62. The lowest BCUT2D eigenvalue weighted by Gasteiger charge is -2.46. The third-order valence-electron chi connectivity index (χ3n) is 7.45. The monoisotopic (exact) mass is 246 g/mol. The fourth-order valence-corrected chi connectivity index (χ4v) is 6.16. The molecule has 0 aromatic rings. The molecule has 0 aliphatic heterocycles. The van der Waals surface area contributed by atoms with Gasteiger partial charge in [-0.25, -0.2) is 0 Å². The molecule has 4 rings (SSSR count). The minimum absolute atomic E-state index is 0.846. The Bertz CT molecular complexity index is 296. The van der Waals surface area contributed by atoms with Crippen LogP contribution in [0.2, 0.25) is 0 Å². The van der Waals surface area contributed by atoms with Gasteiger partial charge >= 0.3 is 0 Å². The molecule has 0 nitrogen and oxygen atoms in total. The average Bonchev–Trinajstić information content (AvgIpc) is 2.83. The predicted molar refractivity (Wildman–Crippen MR) is 76.5 cm³/mol. The Morgan fingerprint density at radius 1 is 0.667 bits per heavy atom. The molecule has 18 heavy (non-hydrogen) atoms. The van der Waals surface area contributed by atoms with Gasteiger partial charge in [0, 0.05) is 0 Å². The van der Waals surface area contributed by atoms with Gasteiger partial charge in [-0.1, -0.05) is 44.9 Å². The molecule has 4 aliphatic carbocycles. The Balaban J connectivity index is 1.57. The molecule has 0 aromatic carbocycles. The highest BCUT2D eigenvalue weighted by Crippen LogP contribution is 2.72. The molecule has 0 radical (unpaired) electrons. The molecular formula is C18H30. The first kappa shape index (κ1) is 11.8. The molecule has 0 amide bonds. The minimum Gasteiger partial charge on any atom is -0.0530 e. The Kier molecular flexibility index (Phi) is 2.79. The van der Waals surface area contributed by atoms with Crippen LogP contribution < -0.4 is 0 Å². The second kappa shape index (κ2) is 4.25. The normalized spacial score (nSPS) is 34.7. The van der Waals surface area contributed by atoms with Crippen LogP contribution >= 0.6 is 0 Å². The molecule has 0 heteroatoms. The Morgan fingerprint density at radius 2 is 1.33 bits per heavy atom. The zero-order valence-electron chi connectivity index (χ0n) is 12.1. The summed E-state index contributed by atoms with van der Waals surface area (Å²) in [5.74, 6) is 2.29. The fraction of sp³-hybridized carbons (Fsp3) is 1.00. The van der Waals surface area contributed by atoms with Crippen molar-refractivity contribution >= 4 is 0 Å². The van der Waals surface area contributed by atoms with E-state index in [1.54, 1.807) is 83.5 Å². The largest absolute Gasteiger partial charge is 0.0530 e. The van der Waals surface area contributed by atoms with Crippen molar-refractivity contribution in [3.8, 4) is 0 Å². The van der Waals surface area contributed by atoms with Crippen LogP contribution in [0.1, 0.15) is 89.9 Å². The highest BCUT2D eigenvalue weighted by molar-refractivity contribution is 5.12. The zero-order valence-corrected chi connectivity index (χ0v) is 12.1. The van der Waals surface area contributed by atoms with Gasteiger partial charge in [0.1, 0.15) is 0 Å². The van der Waals surface area contributed by atoms with Gasteiger partial charge in [-0.05, 0) is 67.6 Å². The zero-order chi connectivity index (χ0) is 12.1. The van der Waals surface area contributed by atoms with Crippen molar-refractivity contribution in [2.45, 2.75) is 89.9 Å². The maximum Gasteiger partial charge on any atom is -0.0213 e. The van der Waals surface area contributed by atoms with Crippen molar-refractivity contribution in [1.29, 1.82) is 0 Å². The Hall–Kier alpha value is 0. The molecule has 0 saturated heterocycles. The second-order valence-corrected chi connectivity index (χ2v) is 8.13. The van der Waals surface area contributed by atoms with E-state index in [0.29, 0.717) is 0 Å². The summed E-state index contributed by atoms with van der Waals surface area (Å²) in [6.07, 6.45) is 22.2. The predicted octanol–water partition coefficient (Wildman–Crippen LogP) is 5.71. The summed E-state index contributed by atoms with van der Waals surface area (Å²) >= 11 is 0. The summed E-state index contributed by atoms with van der Waals surface area (Å²) < 4.78 is 0. The quantitative estimate of drug-likeness (QED) is 0.596. The Labute approximate surface area is 113 Å². The van der Waals surface area contributed by atoms with Crippen LogP contribution in [0.5, 0.6) is 0 Å². The lowest BCUT2D eigenvalue weighted by Crippen LogP contribution is -2.38. The maximum absolute atomic E-state index is 1.64. The van der Waals surface area contributed by atoms with E-state index in [9.17, 15) is 0 Å². The lowest BCUT2D eigenvalue weighted by atomic mass is 9.58. The molecule has 0 aromatic heterocycles. The summed E-state index contributed by atoms with van der Waals surface area (Å²) in [6, 6.07) is 0. The molecule has 0 spiro atoms. The van der Waals surface area contributed by atoms with Gasteiger partial charge in [-0.2, -0.15) is 0 Å². The summed E-state index contributed by atoms with van der Waals surface area (Å²) in [4.78, 5) is 0. The molecular weight excluding hydrogens is 216 g/mol. The fourth-order valence-electron chi connectivity index (χ4n) is 6.16. The van der Waals surface area contributed by atoms with E-state index in [1.807, 2.05) is 0 Å². The number of hydrogen-bond acceptors (Lipinski definition) is 0. The molecule has 4 aliphatic rings. The van der Waals surface area contributed by atoms with E-state index >= 15 is 0 Å².